The molecule has 3 saturated heterocycles. The van der Waals surface area contributed by atoms with Crippen LogP contribution < -0.4 is 22.1 Å². The number of carbonyl (C=O) groups excluding carboxylic acids is 2. The molecule has 0 saturated carbocycles. The first-order valence-corrected chi connectivity index (χ1v) is 18.4. The van der Waals surface area contributed by atoms with E-state index in [2.05, 4.69) is 22.2 Å². The number of methoxy groups -OCH3 is 2. The van der Waals surface area contributed by atoms with Gasteiger partial charge in [0.15, 0.2) is 18.3 Å². The van der Waals surface area contributed by atoms with Crippen LogP contribution in [0.1, 0.15) is 72.6 Å². The van der Waals surface area contributed by atoms with Gasteiger partial charge in [-0.15, -0.1) is 0 Å². The van der Waals surface area contributed by atoms with Crippen LogP contribution in [0.3, 0.4) is 0 Å². The quantitative estimate of drug-likeness (QED) is 0.0242. The van der Waals surface area contributed by atoms with Crippen molar-refractivity contribution in [3.8, 4) is 0 Å². The van der Waals surface area contributed by atoms with Gasteiger partial charge in [0.2, 0.25) is 11.7 Å². The Kier molecular flexibility index (Phi) is 17.1. The molecule has 3 aliphatic rings. The zero-order valence-corrected chi connectivity index (χ0v) is 32.3. The zero-order chi connectivity index (χ0) is 40.2. The molecule has 0 aromatic heterocycles. The number of amides is 2. The van der Waals surface area contributed by atoms with Gasteiger partial charge in [0.25, 0.3) is 5.91 Å². The lowest BCUT2D eigenvalue weighted by Crippen LogP contribution is -2.69. The molecule has 0 bridgehead atoms. The van der Waals surface area contributed by atoms with Crippen LogP contribution in [-0.4, -0.2) is 127 Å². The Balaban J connectivity index is 1.54. The minimum atomic E-state index is -1.71. The summed E-state index contributed by atoms with van der Waals surface area (Å²) in [5.41, 5.74) is 10.7. The number of ether oxygens (including phenoxy) is 6. The lowest BCUT2D eigenvalue weighted by atomic mass is 9.72. The first-order chi connectivity index (χ1) is 25.5. The molecule has 0 spiro atoms. The topological polar surface area (TPSA) is 256 Å². The molecule has 3 heterocycles. The number of carboxylic acids is 1. The van der Waals surface area contributed by atoms with Crippen molar-refractivity contribution in [3.05, 3.63) is 36.5 Å². The smallest absolute Gasteiger partial charge is 0.326 e. The van der Waals surface area contributed by atoms with Crippen molar-refractivity contribution in [2.75, 3.05) is 27.6 Å². The van der Waals surface area contributed by atoms with Gasteiger partial charge in [-0.2, -0.15) is 0 Å². The van der Waals surface area contributed by atoms with E-state index in [9.17, 15) is 29.7 Å². The van der Waals surface area contributed by atoms with Crippen molar-refractivity contribution in [1.82, 2.24) is 10.6 Å². The number of nitrogens with one attached hydrogen (secondary N) is 2. The maximum Gasteiger partial charge on any atom is 0.326 e. The Hall–Kier alpha value is -3.42. The lowest BCUT2D eigenvalue weighted by molar-refractivity contribution is -0.332. The van der Waals surface area contributed by atoms with E-state index in [-0.39, 0.29) is 50.6 Å². The summed E-state index contributed by atoms with van der Waals surface area (Å²) >= 11 is 0. The number of aliphatic imine (C=N–C) groups is 1. The van der Waals surface area contributed by atoms with E-state index in [1.165, 1.54) is 19.3 Å². The highest BCUT2D eigenvalue weighted by molar-refractivity contribution is 5.91. The number of hydrogen-bond donors (Lipinski definition) is 7. The third kappa shape index (κ3) is 11.8. The number of unbranched alkanes of at least 4 members (excludes halogenated alkanes) is 1. The van der Waals surface area contributed by atoms with Crippen LogP contribution in [0, 0.1) is 11.3 Å². The predicted octanol–water partition coefficient (Wildman–Crippen LogP) is 0.972. The summed E-state index contributed by atoms with van der Waals surface area (Å²) < 4.78 is 35.8. The molecule has 17 nitrogen and oxygen atoms in total. The molecular weight excluding hydrogens is 706 g/mol. The number of aliphatic hydroxyl groups is 2. The van der Waals surface area contributed by atoms with Crippen LogP contribution in [0.5, 0.6) is 0 Å². The van der Waals surface area contributed by atoms with E-state index in [0.29, 0.717) is 25.7 Å². The highest BCUT2D eigenvalue weighted by Crippen LogP contribution is 2.44. The highest BCUT2D eigenvalue weighted by Gasteiger charge is 2.57. The van der Waals surface area contributed by atoms with Crippen LogP contribution in [0.2, 0.25) is 0 Å². The Labute approximate surface area is 317 Å². The molecule has 306 valence electrons. The number of carboxylic acid groups (broad SMARTS) is 1. The van der Waals surface area contributed by atoms with Gasteiger partial charge < -0.3 is 65.8 Å². The fraction of sp³-hybridized carbons (Fsp3) is 0.730. The van der Waals surface area contributed by atoms with Gasteiger partial charge in [-0.25, -0.2) is 4.79 Å². The largest absolute Gasteiger partial charge is 0.480 e. The maximum absolute atomic E-state index is 13.5. The second-order valence-corrected chi connectivity index (χ2v) is 14.7. The van der Waals surface area contributed by atoms with Crippen molar-refractivity contribution < 1.29 is 58.1 Å². The number of nitrogens with two attached hydrogens (primary N) is 2. The molecule has 11 atom stereocenters. The summed E-state index contributed by atoms with van der Waals surface area (Å²) in [5.74, 6) is -4.17. The summed E-state index contributed by atoms with van der Waals surface area (Å²) in [6.45, 7) is 11.9. The number of allylic oxidation sites excluding steroid dienone is 3. The van der Waals surface area contributed by atoms with Crippen LogP contribution in [-0.2, 0) is 42.8 Å². The van der Waals surface area contributed by atoms with Gasteiger partial charge in [-0.3, -0.25) is 14.6 Å². The van der Waals surface area contributed by atoms with E-state index in [4.69, 9.17) is 39.9 Å². The molecule has 0 aliphatic carbocycles. The number of rotatable bonds is 19. The van der Waals surface area contributed by atoms with E-state index >= 15 is 0 Å². The van der Waals surface area contributed by atoms with Crippen LogP contribution in [0.4, 0.5) is 0 Å². The summed E-state index contributed by atoms with van der Waals surface area (Å²) in [7, 11) is 2.94. The van der Waals surface area contributed by atoms with Crippen molar-refractivity contribution in [2.24, 2.45) is 27.8 Å². The van der Waals surface area contributed by atoms with Crippen molar-refractivity contribution in [2.45, 2.75) is 133 Å². The van der Waals surface area contributed by atoms with E-state index in [1.54, 1.807) is 13.2 Å². The van der Waals surface area contributed by atoms with Gasteiger partial charge in [0.1, 0.15) is 25.0 Å². The summed E-state index contributed by atoms with van der Waals surface area (Å²) in [5, 5.41) is 36.9. The van der Waals surface area contributed by atoms with Crippen molar-refractivity contribution >= 4 is 23.7 Å². The van der Waals surface area contributed by atoms with Gasteiger partial charge in [0.05, 0.1) is 24.4 Å². The number of guanidine groups is 1. The number of aliphatic carboxylic acids is 1. The lowest BCUT2D eigenvalue weighted by Gasteiger charge is -2.54. The molecule has 0 aromatic carbocycles. The second kappa shape index (κ2) is 20.5. The molecule has 0 aromatic rings. The molecule has 54 heavy (non-hydrogen) atoms. The van der Waals surface area contributed by atoms with E-state index < -0.39 is 77.9 Å². The van der Waals surface area contributed by atoms with Gasteiger partial charge >= 0.3 is 5.97 Å². The molecule has 3 fully saturated rings. The van der Waals surface area contributed by atoms with Gasteiger partial charge in [0, 0.05) is 51.0 Å². The maximum atomic E-state index is 13.5. The number of carbonyl (C=O) groups is 3. The first-order valence-electron chi connectivity index (χ1n) is 18.4. The Morgan fingerprint density at radius 3 is 2.44 bits per heavy atom. The van der Waals surface area contributed by atoms with Gasteiger partial charge in [-0.1, -0.05) is 51.2 Å². The third-order valence-electron chi connectivity index (χ3n) is 10.5. The van der Waals surface area contributed by atoms with E-state index in [0.717, 1.165) is 5.57 Å². The molecule has 2 amide bonds. The zero-order valence-electron chi connectivity index (χ0n) is 32.3. The molecule has 3 aliphatic heterocycles. The highest BCUT2D eigenvalue weighted by atomic mass is 16.7. The number of hydrogen-bond acceptors (Lipinski definition) is 12. The molecule has 0 unspecified atom stereocenters. The van der Waals surface area contributed by atoms with Crippen molar-refractivity contribution in [3.63, 3.8) is 0 Å². The van der Waals surface area contributed by atoms with Crippen LogP contribution >= 0.6 is 0 Å². The predicted molar refractivity (Wildman–Crippen MR) is 197 cm³/mol. The normalized spacial score (nSPS) is 31.3. The molecule has 3 rings (SSSR count). The van der Waals surface area contributed by atoms with Gasteiger partial charge in [-0.05, 0) is 39.0 Å². The molecule has 0 radical (unpaired) electrons. The average Bonchev–Trinajstić information content (AvgIpc) is 3.11. The third-order valence-corrected chi connectivity index (χ3v) is 10.5. The summed E-state index contributed by atoms with van der Waals surface area (Å²) in [4.78, 5) is 41.0. The average molecular weight is 768 g/mol. The standard InChI is InChI=1S/C37H61N5O12/c1-21-19-37(50-7,54-23(3)22(21)2)30(45)32(46)42-33-29-28(51-20-52-33)31(49-6)36(4,5)26(53-29)18-24(43)14-11-9-8-10-12-16-27(44)41-25(34(47)48)15-13-17-40-35(38)39/h8,10,12,16,22-26,28-31,33,43,45H,1,9,11,13-15,17-20H2,2-7H3,(H,41,44)(H,42,46)(H,47,48)(H4,38,39,40)/b10-8+,16-12+/t22-,23-,24-,25+,26-,28+,29+,30-,31-,33+,37-/m1/s1. The first kappa shape index (κ1) is 45.0. The number of fused-ring (bicyclic) bond motifs is 1. The fourth-order valence-electron chi connectivity index (χ4n) is 7.07. The monoisotopic (exact) mass is 767 g/mol. The minimum absolute atomic E-state index is 0.0153. The Morgan fingerprint density at radius 2 is 1.81 bits per heavy atom. The summed E-state index contributed by atoms with van der Waals surface area (Å²) in [6, 6.07) is -1.07. The van der Waals surface area contributed by atoms with Crippen molar-refractivity contribution in [1.29, 1.82) is 0 Å². The molecule has 17 heteroatoms. The Morgan fingerprint density at radius 1 is 1.09 bits per heavy atom. The Bertz CT molecular complexity index is 1370. The molecule has 9 N–H and O–H groups in total. The number of aliphatic hydroxyl groups excluding tert-OH is 2. The van der Waals surface area contributed by atoms with Crippen LogP contribution in [0.25, 0.3) is 0 Å². The SMILES string of the molecule is C=C1C[C@](OC)([C@H](O)C(=O)N[C@H]2OCO[C@H]3[C@@H]2O[C@H](C[C@H](O)CCC/C=C/C=C/C(=O)N[C@@H](CCCN=C(N)N)C(=O)O)C(C)(C)[C@@H]3OC)O[C@H](C)[C@@H]1C. The van der Waals surface area contributed by atoms with Crippen LogP contribution in [0.15, 0.2) is 41.4 Å². The second-order valence-electron chi connectivity index (χ2n) is 14.7. The minimum Gasteiger partial charge on any atom is -0.480 e. The fourth-order valence-corrected chi connectivity index (χ4v) is 7.07. The van der Waals surface area contributed by atoms with E-state index in [1.807, 2.05) is 33.8 Å². The number of nitrogens with zero attached hydrogens (tertiary/aromatic N) is 1. The molecular formula is C37H61N5O12. The summed E-state index contributed by atoms with van der Waals surface area (Å²) in [6.07, 6.45) is 2.67.